The first-order valence-electron chi connectivity index (χ1n) is 11.3. The van der Waals surface area contributed by atoms with Crippen LogP contribution in [0.2, 0.25) is 0 Å². The van der Waals surface area contributed by atoms with Crippen LogP contribution in [0.4, 0.5) is 5.69 Å². The maximum atomic E-state index is 13.1. The number of thiophene rings is 1. The molecule has 0 amide bonds. The van der Waals surface area contributed by atoms with Gasteiger partial charge in [0.2, 0.25) is 0 Å². The van der Waals surface area contributed by atoms with Gasteiger partial charge in [0.1, 0.15) is 4.83 Å². The van der Waals surface area contributed by atoms with Gasteiger partial charge in [-0.3, -0.25) is 14.3 Å². The van der Waals surface area contributed by atoms with Crippen LogP contribution >= 0.6 is 11.3 Å². The van der Waals surface area contributed by atoms with Crippen LogP contribution in [-0.2, 0) is 19.5 Å². The Morgan fingerprint density at radius 2 is 1.94 bits per heavy atom. The molecule has 0 radical (unpaired) electrons. The Morgan fingerprint density at radius 1 is 1.10 bits per heavy atom. The molecule has 0 N–H and O–H groups in total. The Kier molecular flexibility index (Phi) is 5.82. The molecule has 4 heterocycles. The third-order valence-corrected chi connectivity index (χ3v) is 7.76. The summed E-state index contributed by atoms with van der Waals surface area (Å²) in [4.78, 5) is 27.3. The predicted molar refractivity (Wildman–Crippen MR) is 128 cm³/mol. The van der Waals surface area contributed by atoms with E-state index in [1.54, 1.807) is 17.7 Å². The summed E-state index contributed by atoms with van der Waals surface area (Å²) < 4.78 is 1.83. The standard InChI is InChI=1S/C24H31N5OS/c1-18-5-3-6-19(15-18)28-13-11-27(12-14-28)8-4-9-29-17-25-23-22(24(29)30)20-7-10-26(2)16-21(20)31-23/h3,5-6,15,17H,4,7-14,16H2,1-2H3. The molecule has 0 atom stereocenters. The molecule has 0 saturated carbocycles. The number of benzene rings is 1. The Morgan fingerprint density at radius 3 is 2.74 bits per heavy atom. The SMILES string of the molecule is Cc1cccc(N2CCN(CCCn3cnc4sc5c(c4c3=O)CCN(C)C5)CC2)c1. The molecule has 6 nitrogen and oxygen atoms in total. The van der Waals surface area contributed by atoms with Crippen molar-refractivity contribution in [1.29, 1.82) is 0 Å². The highest BCUT2D eigenvalue weighted by Crippen LogP contribution is 2.31. The van der Waals surface area contributed by atoms with E-state index < -0.39 is 0 Å². The molecule has 5 rings (SSSR count). The lowest BCUT2D eigenvalue weighted by Crippen LogP contribution is -2.46. The smallest absolute Gasteiger partial charge is 0.262 e. The van der Waals surface area contributed by atoms with Crippen LogP contribution in [0.25, 0.3) is 10.2 Å². The first-order chi connectivity index (χ1) is 15.1. The van der Waals surface area contributed by atoms with E-state index in [1.165, 1.54) is 21.7 Å². The summed E-state index contributed by atoms with van der Waals surface area (Å²) in [7, 11) is 2.14. The van der Waals surface area contributed by atoms with E-state index in [2.05, 4.69) is 57.9 Å². The molecule has 31 heavy (non-hydrogen) atoms. The zero-order valence-electron chi connectivity index (χ0n) is 18.5. The van der Waals surface area contributed by atoms with Crippen LogP contribution in [-0.4, -0.2) is 65.7 Å². The average molecular weight is 438 g/mol. The Bertz CT molecular complexity index is 1130. The minimum atomic E-state index is 0.149. The number of anilines is 1. The number of piperazine rings is 1. The Balaban J connectivity index is 1.19. The lowest BCUT2D eigenvalue weighted by Gasteiger charge is -2.36. The fraction of sp³-hybridized carbons (Fsp3) is 0.500. The Labute approximate surface area is 187 Å². The molecular weight excluding hydrogens is 406 g/mol. The second kappa shape index (κ2) is 8.73. The van der Waals surface area contributed by atoms with Crippen molar-refractivity contribution < 1.29 is 0 Å². The normalized spacial score (nSPS) is 17.9. The van der Waals surface area contributed by atoms with Gasteiger partial charge < -0.3 is 9.80 Å². The van der Waals surface area contributed by atoms with E-state index in [0.717, 1.165) is 75.4 Å². The molecule has 0 aliphatic carbocycles. The third kappa shape index (κ3) is 4.27. The lowest BCUT2D eigenvalue weighted by atomic mass is 10.1. The number of rotatable bonds is 5. The number of hydrogen-bond acceptors (Lipinski definition) is 6. The van der Waals surface area contributed by atoms with Gasteiger partial charge in [0.25, 0.3) is 5.56 Å². The molecule has 1 saturated heterocycles. The largest absolute Gasteiger partial charge is 0.369 e. The van der Waals surface area contributed by atoms with E-state index in [1.807, 2.05) is 4.57 Å². The number of likely N-dealkylation sites (N-methyl/N-ethyl adjacent to an activating group) is 1. The van der Waals surface area contributed by atoms with Crippen molar-refractivity contribution in [3.8, 4) is 0 Å². The molecule has 0 spiro atoms. The maximum Gasteiger partial charge on any atom is 0.262 e. The fourth-order valence-corrected chi connectivity index (χ4v) is 6.08. The van der Waals surface area contributed by atoms with E-state index in [9.17, 15) is 4.79 Å². The molecule has 1 fully saturated rings. The molecule has 2 aliphatic rings. The number of nitrogens with zero attached hydrogens (tertiary/aromatic N) is 5. The van der Waals surface area contributed by atoms with Gasteiger partial charge in [-0.25, -0.2) is 4.98 Å². The van der Waals surface area contributed by atoms with Gasteiger partial charge in [0.15, 0.2) is 0 Å². The minimum absolute atomic E-state index is 0.149. The molecule has 2 aromatic heterocycles. The number of aromatic nitrogens is 2. The van der Waals surface area contributed by atoms with Crippen molar-refractivity contribution in [1.82, 2.24) is 19.4 Å². The van der Waals surface area contributed by atoms with Crippen LogP contribution in [0.15, 0.2) is 35.4 Å². The minimum Gasteiger partial charge on any atom is -0.369 e. The zero-order valence-corrected chi connectivity index (χ0v) is 19.3. The van der Waals surface area contributed by atoms with Gasteiger partial charge in [0, 0.05) is 56.4 Å². The van der Waals surface area contributed by atoms with Gasteiger partial charge in [-0.1, -0.05) is 12.1 Å². The third-order valence-electron chi connectivity index (χ3n) is 6.63. The highest BCUT2D eigenvalue weighted by Gasteiger charge is 2.22. The van der Waals surface area contributed by atoms with Crippen molar-refractivity contribution in [3.63, 3.8) is 0 Å². The molecule has 164 valence electrons. The second-order valence-electron chi connectivity index (χ2n) is 8.94. The zero-order chi connectivity index (χ0) is 21.4. The van der Waals surface area contributed by atoms with Crippen LogP contribution < -0.4 is 10.5 Å². The summed E-state index contributed by atoms with van der Waals surface area (Å²) in [6.45, 7) is 10.1. The number of hydrogen-bond donors (Lipinski definition) is 0. The predicted octanol–water partition coefficient (Wildman–Crippen LogP) is 2.97. The molecule has 0 bridgehead atoms. The highest BCUT2D eigenvalue weighted by atomic mass is 32.1. The highest BCUT2D eigenvalue weighted by molar-refractivity contribution is 7.18. The molecule has 0 unspecified atom stereocenters. The molecule has 3 aromatic rings. The van der Waals surface area contributed by atoms with Crippen molar-refractivity contribution in [2.24, 2.45) is 0 Å². The summed E-state index contributed by atoms with van der Waals surface area (Å²) in [5.41, 5.74) is 4.04. The fourth-order valence-electron chi connectivity index (χ4n) is 4.82. The van der Waals surface area contributed by atoms with E-state index in [0.29, 0.717) is 0 Å². The summed E-state index contributed by atoms with van der Waals surface area (Å²) in [5, 5.41) is 0.877. The van der Waals surface area contributed by atoms with Crippen molar-refractivity contribution >= 4 is 27.2 Å². The first kappa shape index (κ1) is 20.7. The van der Waals surface area contributed by atoms with Crippen LogP contribution in [0, 0.1) is 6.92 Å². The van der Waals surface area contributed by atoms with Crippen LogP contribution in [0.3, 0.4) is 0 Å². The van der Waals surface area contributed by atoms with E-state index in [4.69, 9.17) is 0 Å². The van der Waals surface area contributed by atoms with Gasteiger partial charge in [-0.05, 0) is 56.6 Å². The van der Waals surface area contributed by atoms with Gasteiger partial charge >= 0.3 is 0 Å². The van der Waals surface area contributed by atoms with Gasteiger partial charge in [0.05, 0.1) is 11.7 Å². The Hall–Kier alpha value is -2.22. The summed E-state index contributed by atoms with van der Waals surface area (Å²) in [6.07, 6.45) is 3.69. The summed E-state index contributed by atoms with van der Waals surface area (Å²) in [5.74, 6) is 0. The lowest BCUT2D eigenvalue weighted by molar-refractivity contribution is 0.250. The van der Waals surface area contributed by atoms with Gasteiger partial charge in [-0.2, -0.15) is 0 Å². The van der Waals surface area contributed by atoms with Gasteiger partial charge in [-0.15, -0.1) is 11.3 Å². The summed E-state index contributed by atoms with van der Waals surface area (Å²) >= 11 is 1.69. The van der Waals surface area contributed by atoms with E-state index >= 15 is 0 Å². The second-order valence-corrected chi connectivity index (χ2v) is 10.0. The molecule has 1 aromatic carbocycles. The van der Waals surface area contributed by atoms with E-state index in [-0.39, 0.29) is 5.56 Å². The first-order valence-corrected chi connectivity index (χ1v) is 12.1. The quantitative estimate of drug-likeness (QED) is 0.614. The topological polar surface area (TPSA) is 44.6 Å². The van der Waals surface area contributed by atoms with Crippen LogP contribution in [0.1, 0.15) is 22.4 Å². The monoisotopic (exact) mass is 437 g/mol. The van der Waals surface area contributed by atoms with Crippen molar-refractivity contribution in [3.05, 3.63) is 57.0 Å². The number of fused-ring (bicyclic) bond motifs is 3. The van der Waals surface area contributed by atoms with Crippen molar-refractivity contribution in [2.75, 3.05) is 51.2 Å². The average Bonchev–Trinajstić information content (AvgIpc) is 3.14. The van der Waals surface area contributed by atoms with Crippen molar-refractivity contribution in [2.45, 2.75) is 32.9 Å². The summed E-state index contributed by atoms with van der Waals surface area (Å²) in [6, 6.07) is 8.77. The number of aryl methyl sites for hydroxylation is 2. The molecule has 7 heteroatoms. The molecular formula is C24H31N5OS. The maximum absolute atomic E-state index is 13.1. The van der Waals surface area contributed by atoms with Crippen LogP contribution in [0.5, 0.6) is 0 Å². The molecule has 2 aliphatic heterocycles.